The van der Waals surface area contributed by atoms with Crippen LogP contribution in [0.1, 0.15) is 44.0 Å². The second-order valence-electron chi connectivity index (χ2n) is 4.58. The molecule has 1 heterocycles. The number of carbonyl (C=O) groups excluding carboxylic acids is 1. The molecule has 0 radical (unpaired) electrons. The van der Waals surface area contributed by atoms with Crippen LogP contribution in [0.2, 0.25) is 0 Å². The van der Waals surface area contributed by atoms with Crippen molar-refractivity contribution in [3.8, 4) is 0 Å². The van der Waals surface area contributed by atoms with E-state index in [2.05, 4.69) is 12.0 Å². The Balaban J connectivity index is 2.66. The minimum absolute atomic E-state index is 0.0600. The van der Waals surface area contributed by atoms with Gasteiger partial charge in [-0.25, -0.2) is 0 Å². The third-order valence-electron chi connectivity index (χ3n) is 2.02. The Hall–Kier alpha value is -1.16. The maximum Gasteiger partial charge on any atom is 0.167 e. The Labute approximate surface area is 90.5 Å². The summed E-state index contributed by atoms with van der Waals surface area (Å²) in [5, 5.41) is 4.11. The SMILES string of the molecule is CCCn1cc(C(=O)CC(C)(C)N)cn1. The smallest absolute Gasteiger partial charge is 0.167 e. The molecule has 0 atom stereocenters. The normalized spacial score (nSPS) is 11.7. The topological polar surface area (TPSA) is 60.9 Å². The van der Waals surface area contributed by atoms with E-state index in [4.69, 9.17) is 5.73 Å². The quantitative estimate of drug-likeness (QED) is 0.749. The molecule has 0 aromatic carbocycles. The van der Waals surface area contributed by atoms with E-state index >= 15 is 0 Å². The average molecular weight is 209 g/mol. The Kier molecular flexibility index (Phi) is 3.63. The summed E-state index contributed by atoms with van der Waals surface area (Å²) in [5.74, 6) is 0.0600. The summed E-state index contributed by atoms with van der Waals surface area (Å²) >= 11 is 0. The lowest BCUT2D eigenvalue weighted by Crippen LogP contribution is -2.34. The van der Waals surface area contributed by atoms with Gasteiger partial charge in [-0.2, -0.15) is 5.10 Å². The fourth-order valence-electron chi connectivity index (χ4n) is 1.37. The van der Waals surface area contributed by atoms with E-state index in [0.29, 0.717) is 12.0 Å². The second kappa shape index (κ2) is 4.57. The molecule has 0 aliphatic carbocycles. The molecular formula is C11H19N3O. The standard InChI is InChI=1S/C11H19N3O/c1-4-5-14-8-9(7-13-14)10(15)6-11(2,3)12/h7-8H,4-6,12H2,1-3H3. The van der Waals surface area contributed by atoms with Crippen molar-refractivity contribution in [2.24, 2.45) is 5.73 Å². The first-order chi connectivity index (χ1) is 6.92. The first kappa shape index (κ1) is 11.9. The lowest BCUT2D eigenvalue weighted by atomic mass is 9.97. The predicted octanol–water partition coefficient (Wildman–Crippen LogP) is 1.60. The van der Waals surface area contributed by atoms with Gasteiger partial charge in [0.1, 0.15) is 0 Å². The lowest BCUT2D eigenvalue weighted by molar-refractivity contribution is 0.0960. The number of carbonyl (C=O) groups is 1. The van der Waals surface area contributed by atoms with Crippen molar-refractivity contribution in [1.82, 2.24) is 9.78 Å². The number of hydrogen-bond acceptors (Lipinski definition) is 3. The Bertz CT molecular complexity index is 336. The van der Waals surface area contributed by atoms with E-state index in [-0.39, 0.29) is 5.78 Å². The summed E-state index contributed by atoms with van der Waals surface area (Å²) in [4.78, 5) is 11.7. The fraction of sp³-hybridized carbons (Fsp3) is 0.636. The molecule has 84 valence electrons. The van der Waals surface area contributed by atoms with Crippen molar-refractivity contribution >= 4 is 5.78 Å². The Morgan fingerprint density at radius 2 is 2.27 bits per heavy atom. The summed E-state index contributed by atoms with van der Waals surface area (Å²) < 4.78 is 1.79. The minimum atomic E-state index is -0.454. The van der Waals surface area contributed by atoms with Gasteiger partial charge in [-0.05, 0) is 20.3 Å². The number of aromatic nitrogens is 2. The van der Waals surface area contributed by atoms with Gasteiger partial charge in [0.05, 0.1) is 11.8 Å². The van der Waals surface area contributed by atoms with Gasteiger partial charge in [0.15, 0.2) is 5.78 Å². The number of Topliss-reactive ketones (excluding diaryl/α,β-unsaturated/α-hetero) is 1. The molecule has 0 amide bonds. The highest BCUT2D eigenvalue weighted by molar-refractivity contribution is 5.96. The van der Waals surface area contributed by atoms with E-state index in [9.17, 15) is 4.79 Å². The van der Waals surface area contributed by atoms with Gasteiger partial charge < -0.3 is 5.73 Å². The molecule has 1 rings (SSSR count). The summed E-state index contributed by atoms with van der Waals surface area (Å²) in [6.45, 7) is 6.62. The highest BCUT2D eigenvalue weighted by Gasteiger charge is 2.18. The Morgan fingerprint density at radius 3 is 2.80 bits per heavy atom. The number of ketones is 1. The summed E-state index contributed by atoms with van der Waals surface area (Å²) in [6.07, 6.45) is 4.77. The van der Waals surface area contributed by atoms with Gasteiger partial charge in [0, 0.05) is 24.7 Å². The van der Waals surface area contributed by atoms with Gasteiger partial charge in [-0.1, -0.05) is 6.92 Å². The number of rotatable bonds is 5. The van der Waals surface area contributed by atoms with Crippen LogP contribution < -0.4 is 5.73 Å². The third kappa shape index (κ3) is 3.83. The van der Waals surface area contributed by atoms with Crippen LogP contribution in [0.5, 0.6) is 0 Å². The number of hydrogen-bond donors (Lipinski definition) is 1. The van der Waals surface area contributed by atoms with Crippen LogP contribution >= 0.6 is 0 Å². The van der Waals surface area contributed by atoms with Gasteiger partial charge in [-0.3, -0.25) is 9.48 Å². The number of aryl methyl sites for hydroxylation is 1. The van der Waals surface area contributed by atoms with E-state index in [1.54, 1.807) is 17.1 Å². The maximum atomic E-state index is 11.7. The van der Waals surface area contributed by atoms with Gasteiger partial charge in [0.2, 0.25) is 0 Å². The van der Waals surface area contributed by atoms with E-state index in [0.717, 1.165) is 13.0 Å². The van der Waals surface area contributed by atoms with Crippen molar-refractivity contribution in [2.75, 3.05) is 0 Å². The monoisotopic (exact) mass is 209 g/mol. The highest BCUT2D eigenvalue weighted by atomic mass is 16.1. The van der Waals surface area contributed by atoms with E-state index < -0.39 is 5.54 Å². The highest BCUT2D eigenvalue weighted by Crippen LogP contribution is 2.10. The molecule has 1 aromatic heterocycles. The molecule has 15 heavy (non-hydrogen) atoms. The van der Waals surface area contributed by atoms with Crippen molar-refractivity contribution in [3.63, 3.8) is 0 Å². The van der Waals surface area contributed by atoms with Gasteiger partial charge >= 0.3 is 0 Å². The molecule has 0 fully saturated rings. The van der Waals surface area contributed by atoms with Crippen molar-refractivity contribution in [2.45, 2.75) is 45.7 Å². The molecule has 0 aliphatic heterocycles. The summed E-state index contributed by atoms with van der Waals surface area (Å²) in [6, 6.07) is 0. The largest absolute Gasteiger partial charge is 0.325 e. The van der Waals surface area contributed by atoms with Crippen LogP contribution in [-0.2, 0) is 6.54 Å². The molecule has 2 N–H and O–H groups in total. The maximum absolute atomic E-state index is 11.7. The zero-order chi connectivity index (χ0) is 11.5. The van der Waals surface area contributed by atoms with Crippen molar-refractivity contribution in [3.05, 3.63) is 18.0 Å². The summed E-state index contributed by atoms with van der Waals surface area (Å²) in [7, 11) is 0. The zero-order valence-electron chi connectivity index (χ0n) is 9.66. The second-order valence-corrected chi connectivity index (χ2v) is 4.58. The predicted molar refractivity (Wildman–Crippen MR) is 59.7 cm³/mol. The molecule has 0 spiro atoms. The van der Waals surface area contributed by atoms with Crippen LogP contribution in [0, 0.1) is 0 Å². The molecular weight excluding hydrogens is 190 g/mol. The molecule has 0 saturated heterocycles. The number of nitrogens with zero attached hydrogens (tertiary/aromatic N) is 2. The number of nitrogens with two attached hydrogens (primary N) is 1. The first-order valence-electron chi connectivity index (χ1n) is 5.27. The van der Waals surface area contributed by atoms with Crippen LogP contribution in [-0.4, -0.2) is 21.1 Å². The van der Waals surface area contributed by atoms with Gasteiger partial charge in [0.25, 0.3) is 0 Å². The van der Waals surface area contributed by atoms with Crippen LogP contribution in [0.25, 0.3) is 0 Å². The third-order valence-corrected chi connectivity index (χ3v) is 2.02. The molecule has 0 saturated carbocycles. The lowest BCUT2D eigenvalue weighted by Gasteiger charge is -2.16. The van der Waals surface area contributed by atoms with Gasteiger partial charge in [-0.15, -0.1) is 0 Å². The molecule has 4 heteroatoms. The molecule has 0 aliphatic rings. The molecule has 1 aromatic rings. The molecule has 0 unspecified atom stereocenters. The van der Waals surface area contributed by atoms with Crippen LogP contribution in [0.3, 0.4) is 0 Å². The van der Waals surface area contributed by atoms with E-state index in [1.165, 1.54) is 0 Å². The van der Waals surface area contributed by atoms with Crippen LogP contribution in [0.15, 0.2) is 12.4 Å². The molecule has 0 bridgehead atoms. The summed E-state index contributed by atoms with van der Waals surface area (Å²) in [5.41, 5.74) is 5.99. The van der Waals surface area contributed by atoms with E-state index in [1.807, 2.05) is 13.8 Å². The van der Waals surface area contributed by atoms with Crippen molar-refractivity contribution < 1.29 is 4.79 Å². The zero-order valence-corrected chi connectivity index (χ0v) is 9.66. The molecule has 4 nitrogen and oxygen atoms in total. The average Bonchev–Trinajstić information content (AvgIpc) is 2.50. The first-order valence-corrected chi connectivity index (χ1v) is 5.27. The Morgan fingerprint density at radius 1 is 1.60 bits per heavy atom. The minimum Gasteiger partial charge on any atom is -0.325 e. The van der Waals surface area contributed by atoms with Crippen molar-refractivity contribution in [1.29, 1.82) is 0 Å². The fourth-order valence-corrected chi connectivity index (χ4v) is 1.37. The van der Waals surface area contributed by atoms with Crippen LogP contribution in [0.4, 0.5) is 0 Å².